The Morgan fingerprint density at radius 2 is 2.14 bits per heavy atom. The molecule has 0 bridgehead atoms. The summed E-state index contributed by atoms with van der Waals surface area (Å²) in [6.07, 6.45) is 4.05. The Balaban J connectivity index is 2.23. The number of hydrogen-bond acceptors (Lipinski definition) is 4. The van der Waals surface area contributed by atoms with E-state index in [9.17, 15) is 4.79 Å². The number of fused-ring (bicyclic) bond motifs is 1. The molecule has 0 fully saturated rings. The predicted octanol–water partition coefficient (Wildman–Crippen LogP) is 3.58. The highest BCUT2D eigenvalue weighted by atomic mass is 35.5. The van der Waals surface area contributed by atoms with Crippen molar-refractivity contribution in [2.75, 3.05) is 7.11 Å². The molecule has 1 aromatic carbocycles. The van der Waals surface area contributed by atoms with E-state index in [2.05, 4.69) is 5.16 Å². The fourth-order valence-corrected chi connectivity index (χ4v) is 3.12. The first-order valence-electron chi connectivity index (χ1n) is 6.70. The van der Waals surface area contributed by atoms with Gasteiger partial charge in [0, 0.05) is 6.07 Å². The molecule has 6 heteroatoms. The van der Waals surface area contributed by atoms with Crippen molar-refractivity contribution < 1.29 is 19.2 Å². The van der Waals surface area contributed by atoms with Crippen LogP contribution in [-0.2, 0) is 12.8 Å². The molecule has 0 amide bonds. The molecule has 0 unspecified atom stereocenters. The van der Waals surface area contributed by atoms with Gasteiger partial charge in [0.25, 0.3) is 0 Å². The van der Waals surface area contributed by atoms with E-state index >= 15 is 0 Å². The van der Waals surface area contributed by atoms with Crippen LogP contribution >= 0.6 is 11.6 Å². The lowest BCUT2D eigenvalue weighted by Gasteiger charge is -2.21. The van der Waals surface area contributed by atoms with Gasteiger partial charge in [-0.2, -0.15) is 0 Å². The molecule has 1 N–H and O–H groups in total. The molecule has 0 spiro atoms. The van der Waals surface area contributed by atoms with Gasteiger partial charge in [-0.15, -0.1) is 0 Å². The van der Waals surface area contributed by atoms with Crippen molar-refractivity contribution in [3.8, 4) is 17.0 Å². The van der Waals surface area contributed by atoms with Gasteiger partial charge in [-0.1, -0.05) is 16.8 Å². The van der Waals surface area contributed by atoms with Gasteiger partial charge < -0.3 is 14.4 Å². The number of rotatable bonds is 3. The quantitative estimate of drug-likeness (QED) is 0.938. The number of methoxy groups -OCH3 is 1. The molecule has 1 aromatic heterocycles. The van der Waals surface area contributed by atoms with Crippen molar-refractivity contribution in [3.63, 3.8) is 0 Å². The van der Waals surface area contributed by atoms with Crippen molar-refractivity contribution in [3.05, 3.63) is 34.0 Å². The summed E-state index contributed by atoms with van der Waals surface area (Å²) in [5, 5.41) is 13.4. The number of benzene rings is 1. The van der Waals surface area contributed by atoms with Crippen LogP contribution in [0.5, 0.6) is 5.75 Å². The van der Waals surface area contributed by atoms with Gasteiger partial charge in [0.15, 0.2) is 0 Å². The van der Waals surface area contributed by atoms with E-state index in [-0.39, 0.29) is 5.76 Å². The largest absolute Gasteiger partial charge is 0.494 e. The summed E-state index contributed by atoms with van der Waals surface area (Å²) in [5.41, 5.74) is 3.48. The summed E-state index contributed by atoms with van der Waals surface area (Å²) in [4.78, 5) is 11.0. The van der Waals surface area contributed by atoms with Gasteiger partial charge in [0.05, 0.1) is 17.7 Å². The molecule has 2 aromatic rings. The molecular weight excluding hydrogens is 294 g/mol. The molecule has 21 heavy (non-hydrogen) atoms. The van der Waals surface area contributed by atoms with Crippen molar-refractivity contribution in [2.24, 2.45) is 0 Å². The minimum atomic E-state index is -1.15. The zero-order valence-electron chi connectivity index (χ0n) is 11.5. The number of aryl methyl sites for hydroxylation is 1. The van der Waals surface area contributed by atoms with Crippen LogP contribution in [0.2, 0.25) is 5.02 Å². The summed E-state index contributed by atoms with van der Waals surface area (Å²) >= 11 is 6.29. The Morgan fingerprint density at radius 1 is 1.38 bits per heavy atom. The summed E-state index contributed by atoms with van der Waals surface area (Å²) in [6.45, 7) is 0. The number of hydrogen-bond donors (Lipinski definition) is 1. The lowest BCUT2D eigenvalue weighted by atomic mass is 9.86. The highest BCUT2D eigenvalue weighted by Gasteiger charge is 2.24. The summed E-state index contributed by atoms with van der Waals surface area (Å²) in [7, 11) is 1.54. The average molecular weight is 308 g/mol. The van der Waals surface area contributed by atoms with Crippen LogP contribution in [-0.4, -0.2) is 23.3 Å². The molecule has 1 aliphatic carbocycles. The molecular formula is C15H14ClNO4. The third kappa shape index (κ3) is 2.38. The van der Waals surface area contributed by atoms with E-state index < -0.39 is 5.97 Å². The van der Waals surface area contributed by atoms with Crippen LogP contribution in [0, 0.1) is 0 Å². The Hall–Kier alpha value is -2.01. The highest BCUT2D eigenvalue weighted by Crippen LogP contribution is 2.43. The van der Waals surface area contributed by atoms with Crippen molar-refractivity contribution in [1.82, 2.24) is 5.16 Å². The molecule has 1 heterocycles. The zero-order chi connectivity index (χ0) is 15.0. The first-order valence-corrected chi connectivity index (χ1v) is 7.08. The van der Waals surface area contributed by atoms with Gasteiger partial charge in [0.2, 0.25) is 5.76 Å². The van der Waals surface area contributed by atoms with Gasteiger partial charge >= 0.3 is 5.97 Å². The molecule has 1 aliphatic rings. The number of carboxylic acid groups (broad SMARTS) is 1. The van der Waals surface area contributed by atoms with Crippen LogP contribution in [0.25, 0.3) is 11.3 Å². The first-order chi connectivity index (χ1) is 10.1. The maximum Gasteiger partial charge on any atom is 0.374 e. The molecule has 0 atom stereocenters. The second-order valence-electron chi connectivity index (χ2n) is 4.99. The summed E-state index contributed by atoms with van der Waals surface area (Å²) < 4.78 is 10.3. The van der Waals surface area contributed by atoms with Crippen molar-refractivity contribution >= 4 is 17.6 Å². The maximum atomic E-state index is 11.0. The third-order valence-corrected chi connectivity index (χ3v) is 4.02. The third-order valence-electron chi connectivity index (χ3n) is 3.74. The van der Waals surface area contributed by atoms with Gasteiger partial charge in [-0.05, 0) is 42.9 Å². The molecule has 0 radical (unpaired) electrons. The average Bonchev–Trinajstić information content (AvgIpc) is 2.95. The molecule has 110 valence electrons. The topological polar surface area (TPSA) is 72.6 Å². The number of carbonyl (C=O) groups is 1. The normalized spacial score (nSPS) is 13.8. The number of halogens is 1. The van der Waals surface area contributed by atoms with Gasteiger partial charge in [-0.3, -0.25) is 0 Å². The highest BCUT2D eigenvalue weighted by molar-refractivity contribution is 6.32. The van der Waals surface area contributed by atoms with Crippen molar-refractivity contribution in [2.45, 2.75) is 25.7 Å². The fraction of sp³-hybridized carbons (Fsp3) is 0.333. The van der Waals surface area contributed by atoms with Crippen LogP contribution < -0.4 is 4.74 Å². The van der Waals surface area contributed by atoms with E-state index in [0.717, 1.165) is 36.8 Å². The lowest BCUT2D eigenvalue weighted by molar-refractivity contribution is 0.0652. The van der Waals surface area contributed by atoms with E-state index in [1.54, 1.807) is 0 Å². The van der Waals surface area contributed by atoms with E-state index in [1.165, 1.54) is 18.7 Å². The van der Waals surface area contributed by atoms with Gasteiger partial charge in [0.1, 0.15) is 11.4 Å². The SMILES string of the molecule is COc1c(Cl)cc2c(c1-c1cc(C(=O)O)on1)CCCC2. The van der Waals surface area contributed by atoms with Crippen LogP contribution in [0.1, 0.15) is 34.5 Å². The van der Waals surface area contributed by atoms with Crippen LogP contribution in [0.15, 0.2) is 16.7 Å². The molecule has 5 nitrogen and oxygen atoms in total. The molecule has 0 saturated carbocycles. The minimum Gasteiger partial charge on any atom is -0.494 e. The number of ether oxygens (including phenoxy) is 1. The number of aromatic carboxylic acids is 1. The van der Waals surface area contributed by atoms with E-state index in [4.69, 9.17) is 26.0 Å². The molecule has 0 saturated heterocycles. The Labute approximate surface area is 126 Å². The zero-order valence-corrected chi connectivity index (χ0v) is 12.2. The predicted molar refractivity (Wildman–Crippen MR) is 77.1 cm³/mol. The Bertz CT molecular complexity index is 708. The monoisotopic (exact) mass is 307 g/mol. The second kappa shape index (κ2) is 5.41. The summed E-state index contributed by atoms with van der Waals surface area (Å²) in [5.74, 6) is -0.831. The Morgan fingerprint density at radius 3 is 2.81 bits per heavy atom. The minimum absolute atomic E-state index is 0.198. The second-order valence-corrected chi connectivity index (χ2v) is 5.40. The Kier molecular flexibility index (Phi) is 3.59. The molecule has 0 aliphatic heterocycles. The number of carboxylic acids is 1. The van der Waals surface area contributed by atoms with E-state index in [0.29, 0.717) is 16.5 Å². The standard InChI is InChI=1S/C15H14ClNO4/c1-20-14-10(16)6-8-4-2-3-5-9(8)13(14)11-7-12(15(18)19)21-17-11/h6-7H,2-5H2,1H3,(H,18,19). The summed E-state index contributed by atoms with van der Waals surface area (Å²) in [6, 6.07) is 3.34. The van der Waals surface area contributed by atoms with E-state index in [1.807, 2.05) is 6.07 Å². The number of nitrogens with zero attached hydrogens (tertiary/aromatic N) is 1. The smallest absolute Gasteiger partial charge is 0.374 e. The lowest BCUT2D eigenvalue weighted by Crippen LogP contribution is -2.06. The fourth-order valence-electron chi connectivity index (χ4n) is 2.81. The van der Waals surface area contributed by atoms with Crippen LogP contribution in [0.4, 0.5) is 0 Å². The van der Waals surface area contributed by atoms with Gasteiger partial charge in [-0.25, -0.2) is 4.79 Å². The van der Waals surface area contributed by atoms with Crippen molar-refractivity contribution in [1.29, 1.82) is 0 Å². The van der Waals surface area contributed by atoms with Crippen LogP contribution in [0.3, 0.4) is 0 Å². The molecule has 3 rings (SSSR count). The maximum absolute atomic E-state index is 11.0. The first kappa shape index (κ1) is 13.9. The number of aromatic nitrogens is 1.